The van der Waals surface area contributed by atoms with Crippen LogP contribution < -0.4 is 0 Å². The Balaban J connectivity index is 0.000000322. The Morgan fingerprint density at radius 2 is 0.331 bits per heavy atom. The van der Waals surface area contributed by atoms with Crippen LogP contribution >= 0.6 is 0 Å². The van der Waals surface area contributed by atoms with Crippen molar-refractivity contribution < 1.29 is 0 Å². The van der Waals surface area contributed by atoms with Gasteiger partial charge in [-0.3, -0.25) is 9.80 Å². The molecule has 19 rings (SSSR count). The van der Waals surface area contributed by atoms with Crippen LogP contribution in [0.1, 0.15) is 308 Å². The van der Waals surface area contributed by atoms with E-state index < -0.39 is 0 Å². The quantitative estimate of drug-likeness (QED) is 0.120. The topological polar surface area (TPSA) is 6.48 Å². The van der Waals surface area contributed by atoms with Gasteiger partial charge in [0.1, 0.15) is 0 Å². The minimum Gasteiger partial charge on any atom is -0.298 e. The van der Waals surface area contributed by atoms with E-state index in [1.165, 1.54) is 156 Å². The van der Waals surface area contributed by atoms with Gasteiger partial charge in [0.2, 0.25) is 0 Å². The molecule has 5 aliphatic rings. The van der Waals surface area contributed by atoms with E-state index in [1.807, 2.05) is 166 Å². The van der Waals surface area contributed by atoms with Crippen LogP contribution in [-0.4, -0.2) is 23.9 Å². The van der Waals surface area contributed by atoms with Crippen molar-refractivity contribution in [1.82, 2.24) is 9.80 Å². The highest BCUT2D eigenvalue weighted by molar-refractivity contribution is 5.89. The molecule has 14 aromatic rings. The monoisotopic (exact) mass is 1690 g/mol. The Morgan fingerprint density at radius 1 is 0.157 bits per heavy atom. The first-order valence-electron chi connectivity index (χ1n) is 48.9. The van der Waals surface area contributed by atoms with Gasteiger partial charge in [0.25, 0.3) is 0 Å². The predicted molar refractivity (Wildman–Crippen MR) is 566 cm³/mol. The van der Waals surface area contributed by atoms with Gasteiger partial charge in [0, 0.05) is 42.4 Å². The summed E-state index contributed by atoms with van der Waals surface area (Å²) in [4.78, 5) is 4.89. The van der Waals surface area contributed by atoms with E-state index in [9.17, 15) is 0 Å². The summed E-state index contributed by atoms with van der Waals surface area (Å²) in [6.07, 6.45) is 0. The van der Waals surface area contributed by atoms with Crippen LogP contribution in [0.5, 0.6) is 0 Å². The van der Waals surface area contributed by atoms with Crippen molar-refractivity contribution in [1.29, 1.82) is 0 Å². The first-order chi connectivity index (χ1) is 62.2. The molecule has 0 aliphatic heterocycles. The molecule has 5 aliphatic carbocycles. The average molecular weight is 1690 g/mol. The number of nitrogens with zero attached hydrogens (tertiary/aromatic N) is 2. The van der Waals surface area contributed by atoms with Gasteiger partial charge < -0.3 is 0 Å². The number of hydrogen-bond acceptors (Lipinski definition) is 2. The maximum Gasteiger partial charge on any atom is 0.0713 e. The summed E-state index contributed by atoms with van der Waals surface area (Å²) in [7, 11) is 4.49. The zero-order valence-electron chi connectivity index (χ0n) is 84.6. The molecule has 0 spiro atoms. The van der Waals surface area contributed by atoms with Crippen molar-refractivity contribution in [2.24, 2.45) is 0 Å². The molecule has 0 amide bonds. The highest BCUT2D eigenvalue weighted by Gasteiger charge is 2.48. The second-order valence-corrected chi connectivity index (χ2v) is 31.0. The Hall–Kier alpha value is -11.0. The summed E-state index contributed by atoms with van der Waals surface area (Å²) in [6.45, 7) is 65.6. The predicted octanol–water partition coefficient (Wildman–Crippen LogP) is 36.3. The van der Waals surface area contributed by atoms with E-state index in [-0.39, 0.29) is 27.1 Å². The van der Waals surface area contributed by atoms with E-state index in [2.05, 4.69) is 405 Å². The number of rotatable bonds is 12. The van der Waals surface area contributed by atoms with Gasteiger partial charge in [-0.05, 0) is 170 Å². The molecule has 0 aromatic heterocycles. The van der Waals surface area contributed by atoms with Crippen molar-refractivity contribution >= 4 is 0 Å². The first-order valence-corrected chi connectivity index (χ1v) is 48.9. The van der Waals surface area contributed by atoms with Gasteiger partial charge in [-0.1, -0.05) is 547 Å². The normalized spacial score (nSPS) is 12.8. The van der Waals surface area contributed by atoms with Crippen LogP contribution in [0.4, 0.5) is 0 Å². The number of hydrogen-bond donors (Lipinski definition) is 0. The minimum atomic E-state index is -0.358. The van der Waals surface area contributed by atoms with Crippen molar-refractivity contribution in [2.75, 3.05) is 14.1 Å². The lowest BCUT2D eigenvalue weighted by molar-refractivity contribution is 0.318. The fraction of sp³-hybridized carbons (Fsp3) is 0.328. The van der Waals surface area contributed by atoms with Crippen LogP contribution in [-0.2, 0) is 53.3 Å². The molecule has 0 fully saturated rings. The first kappa shape index (κ1) is 107. The molecule has 2 nitrogen and oxygen atoms in total. The lowest BCUT2D eigenvalue weighted by atomic mass is 9.67. The maximum absolute atomic E-state index is 2.45. The van der Waals surface area contributed by atoms with Gasteiger partial charge in [-0.25, -0.2) is 0 Å². The molecule has 0 bridgehead atoms. The zero-order valence-corrected chi connectivity index (χ0v) is 84.6. The molecule has 670 valence electrons. The highest BCUT2D eigenvalue weighted by atomic mass is 15.1. The molecule has 0 saturated carbocycles. The summed E-state index contributed by atoms with van der Waals surface area (Å²) < 4.78 is 0. The Labute approximate surface area is 775 Å². The number of benzene rings is 14. The summed E-state index contributed by atoms with van der Waals surface area (Å²) >= 11 is 0. The van der Waals surface area contributed by atoms with Crippen LogP contribution in [0.15, 0.2) is 340 Å². The van der Waals surface area contributed by atoms with Gasteiger partial charge in [-0.15, -0.1) is 0 Å². The van der Waals surface area contributed by atoms with Crippen LogP contribution in [0.25, 0.3) is 55.6 Å². The Kier molecular flexibility index (Phi) is 43.9. The molecule has 14 aromatic carbocycles. The maximum atomic E-state index is 2.45. The van der Waals surface area contributed by atoms with Gasteiger partial charge in [0.05, 0.1) is 10.8 Å². The van der Waals surface area contributed by atoms with E-state index in [0.29, 0.717) is 0 Å². The third kappa shape index (κ3) is 21.9. The minimum absolute atomic E-state index is 0.0223. The molecule has 127 heavy (non-hydrogen) atoms. The Morgan fingerprint density at radius 3 is 0.567 bits per heavy atom. The van der Waals surface area contributed by atoms with Crippen molar-refractivity contribution in [2.45, 2.75) is 261 Å². The van der Waals surface area contributed by atoms with E-state index in [4.69, 9.17) is 0 Å². The third-order valence-electron chi connectivity index (χ3n) is 23.6. The van der Waals surface area contributed by atoms with Crippen molar-refractivity contribution in [3.63, 3.8) is 0 Å². The SMILES string of the molecule is CC.CC.CC.CC.CC.CC.CC.CC.CC.CC.CC.CC.CC1(C)c2ccccc2-c2ccccc21.CN(Cc1cccc(C2(c3ccccc3)c3ccccc3-c3ccccc32)c1)Cc1ccc2c(c1)C(C)(C)c1ccccc1-2.CN(Cc1cccc(C2(c3ccccc3)c3ccccc3-c3ccccc32)c1)Cc1ccc2c(c1)C(C)(C)c1ccccc1-2. The largest absolute Gasteiger partial charge is 0.298 e. The Bertz CT molecular complexity index is 5120. The van der Waals surface area contributed by atoms with E-state index in [1.54, 1.807) is 0 Å². The fourth-order valence-corrected chi connectivity index (χ4v) is 19.0. The molecule has 0 saturated heterocycles. The van der Waals surface area contributed by atoms with Crippen molar-refractivity contribution in [3.8, 4) is 55.6 Å². The summed E-state index contributed by atoms with van der Waals surface area (Å²) in [5.41, 5.74) is 37.9. The second kappa shape index (κ2) is 52.3. The van der Waals surface area contributed by atoms with Crippen LogP contribution in [0, 0.1) is 0 Å². The summed E-state index contributed by atoms with van der Waals surface area (Å²) in [6, 6.07) is 126. The zero-order chi connectivity index (χ0) is 94.2. The molecule has 0 unspecified atom stereocenters. The standard InChI is InChI=1S/2C43H37N.C15H14.12C2H6/c2*1-42(2)38-21-10-7-18-34(38)37-25-24-31(27-41(37)42)29-44(3)28-30-14-13-17-33(26-30)43(32-15-5-4-6-16-32)39-22-11-8-19-35(39)36-20-9-12-23-40(36)43;1-15(2)13-9-5-3-7-11(13)12-8-4-6-10-14(12)15;12*1-2/h2*4-27H,28-29H2,1-3H3;3-10H,1-2H3;12*1-2H3. The highest BCUT2D eigenvalue weighted by Crippen LogP contribution is 2.59. The lowest BCUT2D eigenvalue weighted by Gasteiger charge is -2.34. The molecular weight excluding hydrogens is 1530 g/mol. The molecule has 2 heteroatoms. The summed E-state index contributed by atoms with van der Waals surface area (Å²) in [5, 5.41) is 0. The third-order valence-corrected chi connectivity index (χ3v) is 23.6. The van der Waals surface area contributed by atoms with Gasteiger partial charge in [-0.2, -0.15) is 0 Å². The molecule has 0 heterocycles. The average Bonchev–Trinajstić information content (AvgIpc) is 1.54. The van der Waals surface area contributed by atoms with E-state index in [0.717, 1.165) is 26.2 Å². The fourth-order valence-electron chi connectivity index (χ4n) is 19.0. The smallest absolute Gasteiger partial charge is 0.0713 e. The molecule has 0 N–H and O–H groups in total. The van der Waals surface area contributed by atoms with Gasteiger partial charge >= 0.3 is 0 Å². The summed E-state index contributed by atoms with van der Waals surface area (Å²) in [5.74, 6) is 0. The molecular formula is C125H160N2. The second-order valence-electron chi connectivity index (χ2n) is 31.0. The number of fused-ring (bicyclic) bond motifs is 15. The van der Waals surface area contributed by atoms with Crippen molar-refractivity contribution in [3.05, 3.63) is 440 Å². The van der Waals surface area contributed by atoms with Crippen LogP contribution in [0.2, 0.25) is 0 Å². The molecule has 0 atom stereocenters. The lowest BCUT2D eigenvalue weighted by Crippen LogP contribution is -2.29. The van der Waals surface area contributed by atoms with Gasteiger partial charge in [0.15, 0.2) is 0 Å². The molecule has 0 radical (unpaired) electrons. The van der Waals surface area contributed by atoms with Crippen LogP contribution in [0.3, 0.4) is 0 Å². The van der Waals surface area contributed by atoms with E-state index >= 15 is 0 Å².